The molecule has 2 aromatic rings. The van der Waals surface area contributed by atoms with Crippen molar-refractivity contribution < 1.29 is 23.9 Å². The lowest BCUT2D eigenvalue weighted by molar-refractivity contribution is -0.119. The van der Waals surface area contributed by atoms with E-state index in [1.165, 1.54) is 7.11 Å². The van der Waals surface area contributed by atoms with Crippen LogP contribution in [0.2, 0.25) is 0 Å². The molecule has 0 radical (unpaired) electrons. The van der Waals surface area contributed by atoms with Crippen LogP contribution < -0.4 is 16.0 Å². The first-order chi connectivity index (χ1) is 13.7. The standard InChI is InChI=1S/C21H25N3O5/c1-21(2,3)29-20(27)24-17-7-5-6-14(12-17)19(26)23-16-10-8-15(9-11-16)22-18(25)13-28-4/h5-12H,13H2,1-4H3,(H,22,25)(H,23,26)(H,24,27). The molecule has 8 nitrogen and oxygen atoms in total. The molecule has 8 heteroatoms. The quantitative estimate of drug-likeness (QED) is 0.684. The molecule has 0 atom stereocenters. The van der Waals surface area contributed by atoms with Crippen LogP contribution in [0.25, 0.3) is 0 Å². The summed E-state index contributed by atoms with van der Waals surface area (Å²) in [4.78, 5) is 35.9. The van der Waals surface area contributed by atoms with Crippen molar-refractivity contribution in [3.63, 3.8) is 0 Å². The van der Waals surface area contributed by atoms with Gasteiger partial charge in [0.15, 0.2) is 0 Å². The normalized spacial score (nSPS) is 10.8. The SMILES string of the molecule is COCC(=O)Nc1ccc(NC(=O)c2cccc(NC(=O)OC(C)(C)C)c2)cc1. The zero-order valence-corrected chi connectivity index (χ0v) is 16.9. The van der Waals surface area contributed by atoms with Gasteiger partial charge in [-0.25, -0.2) is 4.79 Å². The van der Waals surface area contributed by atoms with Crippen molar-refractivity contribution in [3.05, 3.63) is 54.1 Å². The molecule has 2 rings (SSSR count). The van der Waals surface area contributed by atoms with Gasteiger partial charge in [-0.2, -0.15) is 0 Å². The highest BCUT2D eigenvalue weighted by molar-refractivity contribution is 6.05. The van der Waals surface area contributed by atoms with Gasteiger partial charge in [-0.05, 0) is 63.2 Å². The summed E-state index contributed by atoms with van der Waals surface area (Å²) in [5.74, 6) is -0.604. The Hall–Kier alpha value is -3.39. The van der Waals surface area contributed by atoms with E-state index in [2.05, 4.69) is 16.0 Å². The van der Waals surface area contributed by atoms with Gasteiger partial charge in [0.05, 0.1) is 0 Å². The molecule has 0 bridgehead atoms. The zero-order chi connectivity index (χ0) is 21.4. The minimum absolute atomic E-state index is 0.0356. The summed E-state index contributed by atoms with van der Waals surface area (Å²) in [6.45, 7) is 5.27. The maximum Gasteiger partial charge on any atom is 0.412 e. The van der Waals surface area contributed by atoms with Gasteiger partial charge in [0.25, 0.3) is 5.91 Å². The number of hydrogen-bond donors (Lipinski definition) is 3. The van der Waals surface area contributed by atoms with Gasteiger partial charge in [-0.3, -0.25) is 14.9 Å². The first kappa shape index (κ1) is 21.9. The Morgan fingerprint density at radius 1 is 0.862 bits per heavy atom. The van der Waals surface area contributed by atoms with Crippen LogP contribution in [-0.2, 0) is 14.3 Å². The average Bonchev–Trinajstić information content (AvgIpc) is 2.62. The smallest absolute Gasteiger partial charge is 0.412 e. The highest BCUT2D eigenvalue weighted by Gasteiger charge is 2.16. The zero-order valence-electron chi connectivity index (χ0n) is 16.9. The molecule has 0 fully saturated rings. The lowest BCUT2D eigenvalue weighted by Gasteiger charge is -2.19. The number of anilines is 3. The Morgan fingerprint density at radius 2 is 1.48 bits per heavy atom. The van der Waals surface area contributed by atoms with Crippen LogP contribution in [0.15, 0.2) is 48.5 Å². The summed E-state index contributed by atoms with van der Waals surface area (Å²) >= 11 is 0. The summed E-state index contributed by atoms with van der Waals surface area (Å²) in [6.07, 6.45) is -0.596. The molecule has 3 N–H and O–H groups in total. The van der Waals surface area contributed by atoms with E-state index >= 15 is 0 Å². The molecule has 0 aromatic heterocycles. The Balaban J connectivity index is 1.98. The number of benzene rings is 2. The molecule has 0 aliphatic rings. The van der Waals surface area contributed by atoms with Crippen molar-refractivity contribution in [3.8, 4) is 0 Å². The molecular weight excluding hydrogens is 374 g/mol. The number of carbonyl (C=O) groups excluding carboxylic acids is 3. The number of hydrogen-bond acceptors (Lipinski definition) is 5. The summed E-state index contributed by atoms with van der Waals surface area (Å²) < 4.78 is 9.96. The predicted molar refractivity (Wildman–Crippen MR) is 111 cm³/mol. The number of ether oxygens (including phenoxy) is 2. The molecule has 154 valence electrons. The predicted octanol–water partition coefficient (Wildman–Crippen LogP) is 3.87. The minimum Gasteiger partial charge on any atom is -0.444 e. The summed E-state index contributed by atoms with van der Waals surface area (Å²) in [5.41, 5.74) is 1.35. The number of amides is 3. The molecule has 2 aromatic carbocycles. The van der Waals surface area contributed by atoms with E-state index in [-0.39, 0.29) is 18.4 Å². The fourth-order valence-electron chi connectivity index (χ4n) is 2.33. The Kier molecular flexibility index (Phi) is 7.33. The second kappa shape index (κ2) is 9.70. The minimum atomic E-state index is -0.617. The molecule has 0 heterocycles. The van der Waals surface area contributed by atoms with Crippen LogP contribution in [-0.4, -0.2) is 37.2 Å². The van der Waals surface area contributed by atoms with E-state index in [9.17, 15) is 14.4 Å². The average molecular weight is 399 g/mol. The number of rotatable bonds is 6. The van der Waals surface area contributed by atoms with Crippen LogP contribution in [0.1, 0.15) is 31.1 Å². The van der Waals surface area contributed by atoms with Crippen LogP contribution in [0.3, 0.4) is 0 Å². The highest BCUT2D eigenvalue weighted by Crippen LogP contribution is 2.17. The maximum absolute atomic E-state index is 12.5. The van der Waals surface area contributed by atoms with Crippen molar-refractivity contribution in [2.45, 2.75) is 26.4 Å². The van der Waals surface area contributed by atoms with Crippen molar-refractivity contribution in [1.29, 1.82) is 0 Å². The monoisotopic (exact) mass is 399 g/mol. The maximum atomic E-state index is 12.5. The third kappa shape index (κ3) is 7.63. The second-order valence-corrected chi connectivity index (χ2v) is 7.22. The van der Waals surface area contributed by atoms with E-state index in [1.807, 2.05) is 0 Å². The van der Waals surface area contributed by atoms with Crippen molar-refractivity contribution >= 4 is 35.0 Å². The number of carbonyl (C=O) groups is 3. The second-order valence-electron chi connectivity index (χ2n) is 7.22. The van der Waals surface area contributed by atoms with Crippen LogP contribution >= 0.6 is 0 Å². The van der Waals surface area contributed by atoms with Gasteiger partial charge in [0.2, 0.25) is 5.91 Å². The lowest BCUT2D eigenvalue weighted by atomic mass is 10.1. The first-order valence-corrected chi connectivity index (χ1v) is 8.96. The van der Waals surface area contributed by atoms with Gasteiger partial charge >= 0.3 is 6.09 Å². The molecular formula is C21H25N3O5. The van der Waals surface area contributed by atoms with Gasteiger partial charge in [-0.15, -0.1) is 0 Å². The summed E-state index contributed by atoms with van der Waals surface area (Å²) in [7, 11) is 1.44. The molecule has 3 amide bonds. The number of methoxy groups -OCH3 is 1. The van der Waals surface area contributed by atoms with Crippen molar-refractivity contribution in [1.82, 2.24) is 0 Å². The third-order valence-corrected chi connectivity index (χ3v) is 3.47. The molecule has 0 saturated heterocycles. The molecule has 0 unspecified atom stereocenters. The number of nitrogens with one attached hydrogen (secondary N) is 3. The van der Waals surface area contributed by atoms with Crippen LogP contribution in [0, 0.1) is 0 Å². The Labute approximate surface area is 169 Å². The van der Waals surface area contributed by atoms with Crippen molar-refractivity contribution in [2.24, 2.45) is 0 Å². The van der Waals surface area contributed by atoms with E-state index in [0.717, 1.165) is 0 Å². The topological polar surface area (TPSA) is 106 Å². The molecule has 0 aliphatic heterocycles. The summed E-state index contributed by atoms with van der Waals surface area (Å²) in [5, 5.41) is 8.03. The summed E-state index contributed by atoms with van der Waals surface area (Å²) in [6, 6.07) is 13.2. The first-order valence-electron chi connectivity index (χ1n) is 8.96. The van der Waals surface area contributed by atoms with Gasteiger partial charge < -0.3 is 20.1 Å². The van der Waals surface area contributed by atoms with Crippen LogP contribution in [0.4, 0.5) is 21.9 Å². The molecule has 0 spiro atoms. The molecule has 29 heavy (non-hydrogen) atoms. The lowest BCUT2D eigenvalue weighted by Crippen LogP contribution is -2.27. The van der Waals surface area contributed by atoms with Gasteiger partial charge in [0.1, 0.15) is 12.2 Å². The third-order valence-electron chi connectivity index (χ3n) is 3.47. The van der Waals surface area contributed by atoms with Crippen molar-refractivity contribution in [2.75, 3.05) is 29.7 Å². The molecule has 0 saturated carbocycles. The fraction of sp³-hybridized carbons (Fsp3) is 0.286. The van der Waals surface area contributed by atoms with Gasteiger partial charge in [-0.1, -0.05) is 6.07 Å². The highest BCUT2D eigenvalue weighted by atomic mass is 16.6. The van der Waals surface area contributed by atoms with E-state index in [4.69, 9.17) is 9.47 Å². The fourth-order valence-corrected chi connectivity index (χ4v) is 2.33. The van der Waals surface area contributed by atoms with Crippen LogP contribution in [0.5, 0.6) is 0 Å². The Bertz CT molecular complexity index is 873. The van der Waals surface area contributed by atoms with E-state index in [1.54, 1.807) is 69.3 Å². The largest absolute Gasteiger partial charge is 0.444 e. The van der Waals surface area contributed by atoms with E-state index in [0.29, 0.717) is 22.6 Å². The Morgan fingerprint density at radius 3 is 2.07 bits per heavy atom. The van der Waals surface area contributed by atoms with E-state index < -0.39 is 11.7 Å². The van der Waals surface area contributed by atoms with Gasteiger partial charge in [0, 0.05) is 29.7 Å². The molecule has 0 aliphatic carbocycles.